The van der Waals surface area contributed by atoms with Crippen LogP contribution in [0.1, 0.15) is 27.9 Å². The van der Waals surface area contributed by atoms with E-state index in [0.717, 1.165) is 9.87 Å². The number of rotatable bonds is 7. The molecule has 2 aliphatic heterocycles. The zero-order valence-corrected chi connectivity index (χ0v) is 25.7. The molecule has 0 aliphatic carbocycles. The van der Waals surface area contributed by atoms with Gasteiger partial charge in [-0.15, -0.1) is 0 Å². The molecule has 1 spiro atoms. The summed E-state index contributed by atoms with van der Waals surface area (Å²) in [6.45, 7) is -0.0276. The summed E-state index contributed by atoms with van der Waals surface area (Å²) in [4.78, 5) is 39.8. The molecule has 0 radical (unpaired) electrons. The van der Waals surface area contributed by atoms with Crippen molar-refractivity contribution in [2.75, 3.05) is 4.31 Å². The fraction of sp³-hybridized carbons (Fsp3) is 0.156. The molecule has 4 aromatic rings. The second kappa shape index (κ2) is 12.1. The van der Waals surface area contributed by atoms with Gasteiger partial charge in [0.2, 0.25) is 12.1 Å². The van der Waals surface area contributed by atoms with Gasteiger partial charge in [-0.2, -0.15) is 0 Å². The second-order valence-electron chi connectivity index (χ2n) is 10.4. The van der Waals surface area contributed by atoms with Gasteiger partial charge < -0.3 is 20.1 Å². The van der Waals surface area contributed by atoms with Crippen molar-refractivity contribution in [2.45, 2.75) is 35.7 Å². The Hall–Kier alpha value is -4.58. The molecule has 2 N–H and O–H groups in total. The number of ether oxygens (including phenoxy) is 2. The lowest BCUT2D eigenvalue weighted by Gasteiger charge is -2.35. The van der Waals surface area contributed by atoms with Gasteiger partial charge >= 0.3 is 12.1 Å². The van der Waals surface area contributed by atoms with E-state index >= 15 is 0 Å². The first-order chi connectivity index (χ1) is 21.6. The molecular weight excluding hydrogens is 641 g/mol. The Morgan fingerprint density at radius 2 is 1.60 bits per heavy atom. The monoisotopic (exact) mass is 665 g/mol. The minimum absolute atomic E-state index is 0.00862. The van der Waals surface area contributed by atoms with Gasteiger partial charge in [0.25, 0.3) is 10.0 Å². The minimum atomic E-state index is -4.37. The fourth-order valence-electron chi connectivity index (χ4n) is 5.57. The molecule has 4 aromatic carbocycles. The Labute approximate surface area is 268 Å². The van der Waals surface area contributed by atoms with Crippen molar-refractivity contribution in [1.82, 2.24) is 10.6 Å². The van der Waals surface area contributed by atoms with Crippen molar-refractivity contribution >= 4 is 56.9 Å². The molecule has 0 aromatic heterocycles. The molecule has 13 heteroatoms. The first kappa shape index (κ1) is 30.4. The van der Waals surface area contributed by atoms with E-state index in [1.54, 1.807) is 66.7 Å². The lowest BCUT2D eigenvalue weighted by atomic mass is 9.88. The number of carbonyl (C=O) groups excluding carboxylic acids is 3. The van der Waals surface area contributed by atoms with E-state index in [-0.39, 0.29) is 39.2 Å². The smallest absolute Gasteiger partial charge is 0.408 e. The lowest BCUT2D eigenvalue weighted by molar-refractivity contribution is -0.122. The highest BCUT2D eigenvalue weighted by Crippen LogP contribution is 2.51. The SMILES string of the molecule is O=C(N[C@H]1C[C@]2(NC1=O)c1ccccc1N(S(=O)(=O)c1ccccc1)[C@H]2OC(=O)c1ccc(Cl)cc1Cl)OCc1ccccc1. The van der Waals surface area contributed by atoms with Crippen LogP contribution in [0.25, 0.3) is 0 Å². The second-order valence-corrected chi connectivity index (χ2v) is 13.1. The van der Waals surface area contributed by atoms with Crippen LogP contribution >= 0.6 is 23.2 Å². The molecule has 1 fully saturated rings. The number of hydrogen-bond donors (Lipinski definition) is 2. The zero-order valence-electron chi connectivity index (χ0n) is 23.4. The number of esters is 1. The summed E-state index contributed by atoms with van der Waals surface area (Å²) in [5.41, 5.74) is -0.345. The van der Waals surface area contributed by atoms with E-state index < -0.39 is 45.8 Å². The van der Waals surface area contributed by atoms with Crippen LogP contribution in [0.2, 0.25) is 10.0 Å². The largest absolute Gasteiger partial charge is 0.445 e. The van der Waals surface area contributed by atoms with Crippen LogP contribution in [0.5, 0.6) is 0 Å². The summed E-state index contributed by atoms with van der Waals surface area (Å²) >= 11 is 12.3. The number of alkyl carbamates (subject to hydrolysis) is 1. The first-order valence-electron chi connectivity index (χ1n) is 13.7. The van der Waals surface area contributed by atoms with Gasteiger partial charge in [-0.1, -0.05) is 89.9 Å². The Morgan fingerprint density at radius 1 is 0.933 bits per heavy atom. The maximum absolute atomic E-state index is 14.2. The summed E-state index contributed by atoms with van der Waals surface area (Å²) < 4.78 is 40.7. The fourth-order valence-corrected chi connectivity index (χ4v) is 7.68. The summed E-state index contributed by atoms with van der Waals surface area (Å²) in [6, 6.07) is 26.2. The summed E-state index contributed by atoms with van der Waals surface area (Å²) in [6.07, 6.45) is -2.64. The molecule has 2 heterocycles. The number of nitrogens with one attached hydrogen (secondary N) is 2. The average molecular weight is 667 g/mol. The predicted octanol–water partition coefficient (Wildman–Crippen LogP) is 5.40. The molecule has 0 bridgehead atoms. The van der Waals surface area contributed by atoms with Gasteiger partial charge in [-0.25, -0.2) is 22.3 Å². The Bertz CT molecular complexity index is 1890. The normalized spacial score (nSPS) is 20.4. The molecule has 3 atom stereocenters. The maximum Gasteiger partial charge on any atom is 0.408 e. The third kappa shape index (κ3) is 5.70. The average Bonchev–Trinajstić information content (AvgIpc) is 3.49. The number of amides is 2. The molecule has 45 heavy (non-hydrogen) atoms. The Kier molecular flexibility index (Phi) is 8.17. The molecule has 6 rings (SSSR count). The van der Waals surface area contributed by atoms with Crippen molar-refractivity contribution in [3.05, 3.63) is 130 Å². The van der Waals surface area contributed by atoms with Gasteiger partial charge in [0, 0.05) is 17.0 Å². The van der Waals surface area contributed by atoms with Gasteiger partial charge in [0.05, 0.1) is 21.2 Å². The molecule has 1 saturated heterocycles. The highest BCUT2D eigenvalue weighted by atomic mass is 35.5. The number of para-hydroxylation sites is 1. The summed E-state index contributed by atoms with van der Waals surface area (Å²) in [7, 11) is -4.37. The van der Waals surface area contributed by atoms with Crippen LogP contribution in [0, 0.1) is 0 Å². The van der Waals surface area contributed by atoms with Gasteiger partial charge in [-0.05, 0) is 42.0 Å². The van der Waals surface area contributed by atoms with E-state index in [1.807, 2.05) is 6.07 Å². The lowest BCUT2D eigenvalue weighted by Crippen LogP contribution is -2.55. The van der Waals surface area contributed by atoms with E-state index in [4.69, 9.17) is 32.7 Å². The number of sulfonamides is 1. The Morgan fingerprint density at radius 3 is 2.31 bits per heavy atom. The summed E-state index contributed by atoms with van der Waals surface area (Å²) in [5, 5.41) is 5.70. The van der Waals surface area contributed by atoms with Crippen LogP contribution in [-0.4, -0.2) is 38.7 Å². The van der Waals surface area contributed by atoms with Crippen molar-refractivity contribution < 1.29 is 32.3 Å². The van der Waals surface area contributed by atoms with Gasteiger partial charge in [-0.3, -0.25) is 4.79 Å². The zero-order chi connectivity index (χ0) is 31.8. The number of benzene rings is 4. The van der Waals surface area contributed by atoms with Crippen molar-refractivity contribution in [1.29, 1.82) is 0 Å². The molecule has 0 unspecified atom stereocenters. The third-order valence-corrected chi connectivity index (χ3v) is 9.94. The van der Waals surface area contributed by atoms with E-state index in [1.165, 1.54) is 30.3 Å². The van der Waals surface area contributed by atoms with Crippen molar-refractivity contribution in [3.8, 4) is 0 Å². The minimum Gasteiger partial charge on any atom is -0.445 e. The molecule has 2 aliphatic rings. The van der Waals surface area contributed by atoms with Crippen molar-refractivity contribution in [3.63, 3.8) is 0 Å². The molecule has 2 amide bonds. The van der Waals surface area contributed by atoms with E-state index in [0.29, 0.717) is 5.56 Å². The highest BCUT2D eigenvalue weighted by Gasteiger charge is 2.62. The topological polar surface area (TPSA) is 131 Å². The number of carbonyl (C=O) groups is 3. The van der Waals surface area contributed by atoms with Crippen LogP contribution < -0.4 is 14.9 Å². The number of anilines is 1. The first-order valence-corrected chi connectivity index (χ1v) is 15.9. The predicted molar refractivity (Wildman–Crippen MR) is 166 cm³/mol. The van der Waals surface area contributed by atoms with Gasteiger partial charge in [0.1, 0.15) is 18.2 Å². The number of hydrogen-bond acceptors (Lipinski definition) is 7. The molecular formula is C32H25Cl2N3O7S. The number of halogens is 2. The van der Waals surface area contributed by atoms with E-state index in [2.05, 4.69) is 10.6 Å². The third-order valence-electron chi connectivity index (χ3n) is 7.62. The molecule has 230 valence electrons. The maximum atomic E-state index is 14.2. The van der Waals surface area contributed by atoms with Crippen molar-refractivity contribution in [2.24, 2.45) is 0 Å². The summed E-state index contributed by atoms with van der Waals surface area (Å²) in [5.74, 6) is -1.57. The number of nitrogens with zero attached hydrogens (tertiary/aromatic N) is 1. The highest BCUT2D eigenvalue weighted by molar-refractivity contribution is 7.92. The molecule has 0 saturated carbocycles. The number of fused-ring (bicyclic) bond motifs is 2. The van der Waals surface area contributed by atoms with Gasteiger partial charge in [0.15, 0.2) is 0 Å². The Balaban J connectivity index is 1.38. The molecule has 10 nitrogen and oxygen atoms in total. The van der Waals surface area contributed by atoms with Crippen LogP contribution in [0.3, 0.4) is 0 Å². The van der Waals surface area contributed by atoms with E-state index in [9.17, 15) is 22.8 Å². The van der Waals surface area contributed by atoms with Crippen LogP contribution in [0.15, 0.2) is 108 Å². The van der Waals surface area contributed by atoms with Crippen LogP contribution in [0.4, 0.5) is 10.5 Å². The van der Waals surface area contributed by atoms with Crippen LogP contribution in [-0.2, 0) is 36.4 Å². The quantitative estimate of drug-likeness (QED) is 0.253. The standard InChI is InChI=1S/C32H25Cl2N3O7S/c33-21-15-16-23(25(34)17-21)29(39)44-30-32(18-26(28(38)36-32)35-31(40)43-19-20-9-3-1-4-10-20)24-13-7-8-14-27(24)37(30)45(41,42)22-11-5-2-6-12-22/h1-17,26,30H,18-19H2,(H,35,40)(H,36,38)/t26-,30-,32-/m0/s1.